The molecule has 5 rings (SSSR count). The van der Waals surface area contributed by atoms with Crippen LogP contribution in [0.4, 0.5) is 0 Å². The van der Waals surface area contributed by atoms with Crippen molar-refractivity contribution in [3.63, 3.8) is 0 Å². The normalized spacial score (nSPS) is 48.4. The van der Waals surface area contributed by atoms with Crippen LogP contribution in [0.25, 0.3) is 0 Å². The Morgan fingerprint density at radius 3 is 2.39 bits per heavy atom. The summed E-state index contributed by atoms with van der Waals surface area (Å²) in [5.74, 6) is 6.65. The Labute approximate surface area is 205 Å². The average molecular weight is 459 g/mol. The highest BCUT2D eigenvalue weighted by atomic mass is 16.7. The molecule has 1 heterocycles. The van der Waals surface area contributed by atoms with E-state index in [2.05, 4.69) is 34.6 Å². The topological polar surface area (TPSA) is 18.5 Å². The van der Waals surface area contributed by atoms with Crippen molar-refractivity contribution in [2.75, 3.05) is 6.61 Å². The van der Waals surface area contributed by atoms with Gasteiger partial charge in [-0.25, -0.2) is 0 Å². The molecule has 4 aliphatic carbocycles. The molecule has 2 heteroatoms. The summed E-state index contributed by atoms with van der Waals surface area (Å²) in [5.41, 5.74) is 1.20. The van der Waals surface area contributed by atoms with Gasteiger partial charge in [0, 0.05) is 13.0 Å². The van der Waals surface area contributed by atoms with Gasteiger partial charge in [0.15, 0.2) is 6.29 Å². The van der Waals surface area contributed by atoms with Crippen molar-refractivity contribution in [1.82, 2.24) is 0 Å². The van der Waals surface area contributed by atoms with Gasteiger partial charge < -0.3 is 9.47 Å². The molecule has 0 N–H and O–H groups in total. The molecule has 190 valence electrons. The lowest BCUT2D eigenvalue weighted by atomic mass is 9.44. The van der Waals surface area contributed by atoms with Gasteiger partial charge >= 0.3 is 0 Å². The standard InChI is InChI=1S/C31H54O2/c1-21(2)8-6-9-22(3)26-13-14-27-25-12-11-23-20-24(33-29-10-7-19-32-29)15-17-30(23,4)28(25)16-18-31(26,27)5/h21-29H,6-20H2,1-5H3/t22-,23+,24+,25+,26-,27+,28+,29?,30+,31-/m1/s1. The van der Waals surface area contributed by atoms with Crippen LogP contribution in [0, 0.1) is 52.3 Å². The SMILES string of the molecule is CC(C)CCC[C@@H](C)[C@H]1CC[C@H]2[C@@H]3CC[C@H]4C[C@@H](OC5CCCO5)CC[C@]4(C)[C@H]3CC[C@]12C. The van der Waals surface area contributed by atoms with E-state index >= 15 is 0 Å². The van der Waals surface area contributed by atoms with Gasteiger partial charge in [-0.2, -0.15) is 0 Å². The lowest BCUT2D eigenvalue weighted by Crippen LogP contribution is -2.54. The summed E-state index contributed by atoms with van der Waals surface area (Å²) in [6, 6.07) is 0. The van der Waals surface area contributed by atoms with Crippen LogP contribution in [-0.4, -0.2) is 19.0 Å². The molecule has 0 radical (unpaired) electrons. The second-order valence-electron chi connectivity index (χ2n) is 14.2. The van der Waals surface area contributed by atoms with Gasteiger partial charge in [-0.3, -0.25) is 0 Å². The summed E-state index contributed by atoms with van der Waals surface area (Å²) in [4.78, 5) is 0. The molecular formula is C31H54O2. The van der Waals surface area contributed by atoms with Crippen molar-refractivity contribution in [2.45, 2.75) is 137 Å². The van der Waals surface area contributed by atoms with E-state index in [0.29, 0.717) is 16.9 Å². The zero-order valence-corrected chi connectivity index (χ0v) is 22.6. The summed E-state index contributed by atoms with van der Waals surface area (Å²) in [6.45, 7) is 13.7. The zero-order chi connectivity index (χ0) is 23.2. The molecule has 0 aromatic carbocycles. The minimum atomic E-state index is 0.101. The highest BCUT2D eigenvalue weighted by Crippen LogP contribution is 2.68. The van der Waals surface area contributed by atoms with Crippen molar-refractivity contribution < 1.29 is 9.47 Å². The number of rotatable bonds is 7. The minimum Gasteiger partial charge on any atom is -0.353 e. The van der Waals surface area contributed by atoms with E-state index in [1.54, 1.807) is 0 Å². The van der Waals surface area contributed by atoms with Crippen LogP contribution in [-0.2, 0) is 9.47 Å². The molecule has 0 bridgehead atoms. The van der Waals surface area contributed by atoms with Gasteiger partial charge in [0.1, 0.15) is 0 Å². The predicted octanol–water partition coefficient (Wildman–Crippen LogP) is 8.63. The van der Waals surface area contributed by atoms with Crippen LogP contribution in [0.3, 0.4) is 0 Å². The molecule has 33 heavy (non-hydrogen) atoms. The lowest BCUT2D eigenvalue weighted by Gasteiger charge is -2.61. The van der Waals surface area contributed by atoms with E-state index in [0.717, 1.165) is 54.5 Å². The number of hydrogen-bond acceptors (Lipinski definition) is 2. The molecule has 0 aromatic rings. The fourth-order valence-corrected chi connectivity index (χ4v) is 10.2. The second kappa shape index (κ2) is 9.76. The maximum atomic E-state index is 6.43. The Balaban J connectivity index is 1.22. The fraction of sp³-hybridized carbons (Fsp3) is 1.00. The molecule has 0 spiro atoms. The largest absolute Gasteiger partial charge is 0.353 e. The molecular weight excluding hydrogens is 404 g/mol. The first-order valence-electron chi connectivity index (χ1n) is 15.1. The van der Waals surface area contributed by atoms with Crippen molar-refractivity contribution in [3.05, 3.63) is 0 Å². The van der Waals surface area contributed by atoms with E-state index in [-0.39, 0.29) is 6.29 Å². The summed E-state index contributed by atoms with van der Waals surface area (Å²) in [7, 11) is 0. The Kier molecular flexibility index (Phi) is 7.28. The van der Waals surface area contributed by atoms with E-state index in [1.807, 2.05) is 0 Å². The highest BCUT2D eigenvalue weighted by Gasteiger charge is 2.60. The second-order valence-corrected chi connectivity index (χ2v) is 14.2. The van der Waals surface area contributed by atoms with E-state index in [9.17, 15) is 0 Å². The maximum Gasteiger partial charge on any atom is 0.158 e. The van der Waals surface area contributed by atoms with Gasteiger partial charge in [0.25, 0.3) is 0 Å². The average Bonchev–Trinajstić information content (AvgIpc) is 3.40. The Hall–Kier alpha value is -0.0800. The summed E-state index contributed by atoms with van der Waals surface area (Å²) >= 11 is 0. The molecule has 0 amide bonds. The van der Waals surface area contributed by atoms with Crippen LogP contribution in [0.5, 0.6) is 0 Å². The fourth-order valence-electron chi connectivity index (χ4n) is 10.2. The van der Waals surface area contributed by atoms with Crippen molar-refractivity contribution in [1.29, 1.82) is 0 Å². The third kappa shape index (κ3) is 4.59. The van der Waals surface area contributed by atoms with Gasteiger partial charge in [0.2, 0.25) is 0 Å². The van der Waals surface area contributed by atoms with Gasteiger partial charge in [0.05, 0.1) is 6.10 Å². The first kappa shape index (κ1) is 24.6. The van der Waals surface area contributed by atoms with E-state index in [4.69, 9.17) is 9.47 Å². The molecule has 2 nitrogen and oxygen atoms in total. The van der Waals surface area contributed by atoms with Crippen LogP contribution in [0.2, 0.25) is 0 Å². The van der Waals surface area contributed by atoms with Crippen molar-refractivity contribution >= 4 is 0 Å². The molecule has 10 atom stereocenters. The Morgan fingerprint density at radius 1 is 0.848 bits per heavy atom. The van der Waals surface area contributed by atoms with Crippen LogP contribution < -0.4 is 0 Å². The van der Waals surface area contributed by atoms with Crippen LogP contribution in [0.15, 0.2) is 0 Å². The minimum absolute atomic E-state index is 0.101. The predicted molar refractivity (Wildman–Crippen MR) is 137 cm³/mol. The number of hydrogen-bond donors (Lipinski definition) is 0. The monoisotopic (exact) mass is 458 g/mol. The summed E-state index contributed by atoms with van der Waals surface area (Å²) in [5, 5.41) is 0. The smallest absolute Gasteiger partial charge is 0.158 e. The summed E-state index contributed by atoms with van der Waals surface area (Å²) in [6.07, 6.45) is 20.2. The molecule has 0 aromatic heterocycles. The van der Waals surface area contributed by atoms with Gasteiger partial charge in [-0.15, -0.1) is 0 Å². The summed E-state index contributed by atoms with van der Waals surface area (Å²) < 4.78 is 12.2. The first-order chi connectivity index (χ1) is 15.8. The van der Waals surface area contributed by atoms with E-state index < -0.39 is 0 Å². The molecule has 1 saturated heterocycles. The zero-order valence-electron chi connectivity index (χ0n) is 22.6. The Bertz CT molecular complexity index is 653. The molecule has 5 fully saturated rings. The quantitative estimate of drug-likeness (QED) is 0.380. The van der Waals surface area contributed by atoms with Crippen LogP contribution >= 0.6 is 0 Å². The first-order valence-corrected chi connectivity index (χ1v) is 15.1. The van der Waals surface area contributed by atoms with Gasteiger partial charge in [-0.1, -0.05) is 53.9 Å². The molecule has 1 aliphatic heterocycles. The lowest BCUT2D eigenvalue weighted by molar-refractivity contribution is -0.184. The number of fused-ring (bicyclic) bond motifs is 5. The van der Waals surface area contributed by atoms with E-state index in [1.165, 1.54) is 83.5 Å². The van der Waals surface area contributed by atoms with Crippen molar-refractivity contribution in [3.8, 4) is 0 Å². The molecule has 1 unspecified atom stereocenters. The molecule has 4 saturated carbocycles. The Morgan fingerprint density at radius 2 is 1.64 bits per heavy atom. The third-order valence-corrected chi connectivity index (χ3v) is 12.1. The number of ether oxygens (including phenoxy) is 2. The maximum absolute atomic E-state index is 6.43. The highest BCUT2D eigenvalue weighted by molar-refractivity contribution is 5.09. The third-order valence-electron chi connectivity index (χ3n) is 12.1. The van der Waals surface area contributed by atoms with Crippen molar-refractivity contribution in [2.24, 2.45) is 52.3 Å². The molecule has 5 aliphatic rings. The van der Waals surface area contributed by atoms with Gasteiger partial charge in [-0.05, 0) is 116 Å². The van der Waals surface area contributed by atoms with Crippen LogP contribution in [0.1, 0.15) is 125 Å².